The largest absolute Gasteiger partial charge is 0.497 e. The summed E-state index contributed by atoms with van der Waals surface area (Å²) in [5, 5.41) is 1.66. The van der Waals surface area contributed by atoms with E-state index in [1.165, 1.54) is 11.8 Å². The van der Waals surface area contributed by atoms with E-state index in [2.05, 4.69) is 4.98 Å². The minimum atomic E-state index is -0.393. The van der Waals surface area contributed by atoms with Crippen LogP contribution in [0, 0.1) is 0 Å². The number of ether oxygens (including phenoxy) is 1. The maximum Gasteiger partial charge on any atom is 0.345 e. The van der Waals surface area contributed by atoms with Gasteiger partial charge < -0.3 is 9.15 Å². The Bertz CT molecular complexity index is 1130. The Morgan fingerprint density at radius 2 is 1.88 bits per heavy atom. The molecule has 5 nitrogen and oxygen atoms in total. The zero-order valence-electron chi connectivity index (χ0n) is 14.3. The molecule has 0 fully saturated rings. The molecule has 0 atom stereocenters. The van der Waals surface area contributed by atoms with Crippen molar-refractivity contribution >= 4 is 22.7 Å². The summed E-state index contributed by atoms with van der Waals surface area (Å²) in [6, 6.07) is 17.0. The van der Waals surface area contributed by atoms with Gasteiger partial charge >= 0.3 is 5.63 Å². The van der Waals surface area contributed by atoms with E-state index < -0.39 is 5.63 Å². The highest BCUT2D eigenvalue weighted by molar-refractivity contribution is 7.98. The second-order valence-corrected chi connectivity index (χ2v) is 6.44. The van der Waals surface area contributed by atoms with E-state index in [0.29, 0.717) is 16.8 Å². The molecule has 0 N–H and O–H groups in total. The lowest BCUT2D eigenvalue weighted by Gasteiger charge is -2.06. The van der Waals surface area contributed by atoms with Gasteiger partial charge in [-0.05, 0) is 42.7 Å². The van der Waals surface area contributed by atoms with Gasteiger partial charge in [0, 0.05) is 17.3 Å². The molecule has 0 unspecified atom stereocenters. The normalized spacial score (nSPS) is 11.0. The first-order valence-corrected chi connectivity index (χ1v) is 9.23. The van der Waals surface area contributed by atoms with Gasteiger partial charge in [-0.1, -0.05) is 30.0 Å². The van der Waals surface area contributed by atoms with Crippen LogP contribution in [0.2, 0.25) is 0 Å². The third kappa shape index (κ3) is 2.88. The molecule has 2 aromatic heterocycles. The Labute approximate surface area is 154 Å². The number of rotatable bonds is 4. The van der Waals surface area contributed by atoms with Gasteiger partial charge in [0.15, 0.2) is 5.16 Å². The van der Waals surface area contributed by atoms with Crippen molar-refractivity contribution in [3.8, 4) is 22.7 Å². The lowest BCUT2D eigenvalue weighted by atomic mass is 10.1. The fourth-order valence-electron chi connectivity index (χ4n) is 2.81. The van der Waals surface area contributed by atoms with Crippen LogP contribution in [0.3, 0.4) is 0 Å². The van der Waals surface area contributed by atoms with Crippen LogP contribution in [-0.2, 0) is 0 Å². The van der Waals surface area contributed by atoms with Crippen LogP contribution in [0.1, 0.15) is 0 Å². The molecule has 0 amide bonds. The van der Waals surface area contributed by atoms with Crippen molar-refractivity contribution < 1.29 is 9.15 Å². The van der Waals surface area contributed by atoms with Gasteiger partial charge in [0.25, 0.3) is 0 Å². The van der Waals surface area contributed by atoms with Gasteiger partial charge in [0.2, 0.25) is 0 Å². The Morgan fingerprint density at radius 1 is 1.12 bits per heavy atom. The quantitative estimate of drug-likeness (QED) is 0.397. The summed E-state index contributed by atoms with van der Waals surface area (Å²) < 4.78 is 12.6. The molecule has 0 aliphatic heterocycles. The second kappa shape index (κ2) is 6.72. The standard InChI is InChI=1S/C20H16N2O3S/c1-24-15-9-7-14(8-10-15)22-12-17(21-20(22)26-2)16-11-13-5-3-4-6-18(13)25-19(16)23/h3-12H,1-2H3. The molecular formula is C20H16N2O3S. The van der Waals surface area contributed by atoms with Crippen molar-refractivity contribution in [2.24, 2.45) is 0 Å². The van der Waals surface area contributed by atoms with Gasteiger partial charge in [-0.25, -0.2) is 9.78 Å². The molecule has 0 spiro atoms. The average Bonchev–Trinajstić information content (AvgIpc) is 3.11. The Balaban J connectivity index is 1.84. The van der Waals surface area contributed by atoms with Crippen LogP contribution in [0.15, 0.2) is 75.2 Å². The van der Waals surface area contributed by atoms with Gasteiger partial charge in [-0.3, -0.25) is 4.57 Å². The first-order chi connectivity index (χ1) is 12.7. The van der Waals surface area contributed by atoms with Crippen LogP contribution in [-0.4, -0.2) is 22.9 Å². The van der Waals surface area contributed by atoms with Crippen molar-refractivity contribution in [2.45, 2.75) is 5.16 Å². The third-order valence-corrected chi connectivity index (χ3v) is 4.78. The smallest absolute Gasteiger partial charge is 0.345 e. The van der Waals surface area contributed by atoms with E-state index in [0.717, 1.165) is 22.0 Å². The molecule has 0 saturated carbocycles. The number of imidazole rings is 1. The lowest BCUT2D eigenvalue weighted by molar-refractivity contribution is 0.414. The van der Waals surface area contributed by atoms with E-state index in [1.54, 1.807) is 13.2 Å². The Morgan fingerprint density at radius 3 is 2.62 bits per heavy atom. The summed E-state index contributed by atoms with van der Waals surface area (Å²) in [6.07, 6.45) is 3.81. The molecule has 2 aromatic carbocycles. The maximum absolute atomic E-state index is 12.4. The number of thioether (sulfide) groups is 1. The van der Waals surface area contributed by atoms with Crippen LogP contribution in [0.4, 0.5) is 0 Å². The summed E-state index contributed by atoms with van der Waals surface area (Å²) in [5.41, 5.74) is 2.16. The van der Waals surface area contributed by atoms with Crippen LogP contribution < -0.4 is 10.4 Å². The molecule has 4 rings (SSSR count). The zero-order chi connectivity index (χ0) is 18.1. The number of nitrogens with zero attached hydrogens (tertiary/aromatic N) is 2. The van der Waals surface area contributed by atoms with E-state index >= 15 is 0 Å². The van der Waals surface area contributed by atoms with E-state index in [-0.39, 0.29) is 0 Å². The monoisotopic (exact) mass is 364 g/mol. The van der Waals surface area contributed by atoms with Crippen LogP contribution in [0.5, 0.6) is 5.75 Å². The molecule has 130 valence electrons. The Kier molecular flexibility index (Phi) is 4.26. The van der Waals surface area contributed by atoms with Gasteiger partial charge in [-0.2, -0.15) is 0 Å². The summed E-state index contributed by atoms with van der Waals surface area (Å²) >= 11 is 1.51. The fraction of sp³-hybridized carbons (Fsp3) is 0.100. The minimum Gasteiger partial charge on any atom is -0.497 e. The summed E-state index contributed by atoms with van der Waals surface area (Å²) in [4.78, 5) is 17.0. The van der Waals surface area contributed by atoms with Crippen LogP contribution in [0.25, 0.3) is 27.9 Å². The molecule has 0 saturated heterocycles. The number of methoxy groups -OCH3 is 1. The third-order valence-electron chi connectivity index (χ3n) is 4.12. The first kappa shape index (κ1) is 16.5. The molecule has 0 aliphatic rings. The zero-order valence-corrected chi connectivity index (χ0v) is 15.1. The van der Waals surface area contributed by atoms with Crippen molar-refractivity contribution in [2.75, 3.05) is 13.4 Å². The summed E-state index contributed by atoms with van der Waals surface area (Å²) in [7, 11) is 1.64. The molecule has 0 aliphatic carbocycles. The number of fused-ring (bicyclic) bond motifs is 1. The lowest BCUT2D eigenvalue weighted by Crippen LogP contribution is -2.02. The number of hydrogen-bond donors (Lipinski definition) is 0. The predicted molar refractivity (Wildman–Crippen MR) is 103 cm³/mol. The topological polar surface area (TPSA) is 57.3 Å². The highest BCUT2D eigenvalue weighted by Gasteiger charge is 2.15. The number of aromatic nitrogens is 2. The van der Waals surface area contributed by atoms with Crippen molar-refractivity contribution in [1.29, 1.82) is 0 Å². The number of benzene rings is 2. The van der Waals surface area contributed by atoms with E-state index in [4.69, 9.17) is 9.15 Å². The van der Waals surface area contributed by atoms with Crippen LogP contribution >= 0.6 is 11.8 Å². The van der Waals surface area contributed by atoms with Gasteiger partial charge in [-0.15, -0.1) is 0 Å². The SMILES string of the molecule is COc1ccc(-n2cc(-c3cc4ccccc4oc3=O)nc2SC)cc1. The van der Waals surface area contributed by atoms with Crippen molar-refractivity contribution in [1.82, 2.24) is 9.55 Å². The van der Waals surface area contributed by atoms with Gasteiger partial charge in [0.1, 0.15) is 11.3 Å². The second-order valence-electron chi connectivity index (χ2n) is 5.67. The molecule has 0 radical (unpaired) electrons. The molecule has 6 heteroatoms. The number of hydrogen-bond acceptors (Lipinski definition) is 5. The van der Waals surface area contributed by atoms with Gasteiger partial charge in [0.05, 0.1) is 18.4 Å². The molecular weight excluding hydrogens is 348 g/mol. The van der Waals surface area contributed by atoms with Crippen molar-refractivity contribution in [3.05, 3.63) is 71.2 Å². The van der Waals surface area contributed by atoms with Crippen molar-refractivity contribution in [3.63, 3.8) is 0 Å². The molecule has 4 aromatic rings. The fourth-order valence-corrected chi connectivity index (χ4v) is 3.35. The highest BCUT2D eigenvalue weighted by atomic mass is 32.2. The summed E-state index contributed by atoms with van der Waals surface area (Å²) in [5.74, 6) is 0.787. The maximum atomic E-state index is 12.4. The molecule has 2 heterocycles. The molecule has 26 heavy (non-hydrogen) atoms. The number of para-hydroxylation sites is 1. The first-order valence-electron chi connectivity index (χ1n) is 8.00. The predicted octanol–water partition coefficient (Wildman–Crippen LogP) is 4.38. The summed E-state index contributed by atoms with van der Waals surface area (Å²) in [6.45, 7) is 0. The van der Waals surface area contributed by atoms with E-state index in [1.807, 2.05) is 65.6 Å². The molecule has 0 bridgehead atoms. The highest BCUT2D eigenvalue weighted by Crippen LogP contribution is 2.27. The minimum absolute atomic E-state index is 0.393. The van der Waals surface area contributed by atoms with E-state index in [9.17, 15) is 4.79 Å². The average molecular weight is 364 g/mol. The Hall–Kier alpha value is -2.99.